The van der Waals surface area contributed by atoms with Crippen LogP contribution in [-0.4, -0.2) is 16.9 Å². The number of thioether (sulfide) groups is 1. The van der Waals surface area contributed by atoms with E-state index in [4.69, 9.17) is 4.52 Å². The Kier molecular flexibility index (Phi) is 5.17. The summed E-state index contributed by atoms with van der Waals surface area (Å²) in [7, 11) is 0. The molecule has 5 nitrogen and oxygen atoms in total. The molecule has 0 saturated carbocycles. The highest BCUT2D eigenvalue weighted by atomic mass is 32.2. The van der Waals surface area contributed by atoms with Crippen molar-refractivity contribution in [3.05, 3.63) is 42.1 Å². The van der Waals surface area contributed by atoms with Crippen LogP contribution in [0.5, 0.6) is 0 Å². The van der Waals surface area contributed by atoms with Crippen LogP contribution in [0.2, 0.25) is 0 Å². The number of benzene rings is 1. The molecule has 0 bridgehead atoms. The Balaban J connectivity index is 1.75. The molecule has 1 N–H and O–H groups in total. The van der Waals surface area contributed by atoms with E-state index in [9.17, 15) is 4.79 Å². The first-order valence-corrected chi connectivity index (χ1v) is 7.60. The van der Waals surface area contributed by atoms with E-state index in [-0.39, 0.29) is 11.9 Å². The van der Waals surface area contributed by atoms with Crippen molar-refractivity contribution in [3.63, 3.8) is 0 Å². The lowest BCUT2D eigenvalue weighted by atomic mass is 10.2. The summed E-state index contributed by atoms with van der Waals surface area (Å²) in [6.07, 6.45) is 1.68. The van der Waals surface area contributed by atoms with E-state index in [1.54, 1.807) is 22.6 Å². The molecule has 0 atom stereocenters. The van der Waals surface area contributed by atoms with Gasteiger partial charge in [0.2, 0.25) is 11.2 Å². The smallest absolute Gasteiger partial charge is 0.288 e. The van der Waals surface area contributed by atoms with Crippen molar-refractivity contribution in [2.45, 2.75) is 25.6 Å². The third-order valence-corrected chi connectivity index (χ3v) is 3.62. The van der Waals surface area contributed by atoms with Gasteiger partial charge in [-0.3, -0.25) is 14.6 Å². The highest BCUT2D eigenvalue weighted by molar-refractivity contribution is 7.99. The summed E-state index contributed by atoms with van der Waals surface area (Å²) in [5.41, 5.74) is 1.21. The van der Waals surface area contributed by atoms with E-state index in [2.05, 4.69) is 10.6 Å². The maximum absolute atomic E-state index is 11.8. The number of nitrogens with one attached hydrogen (secondary N) is 1. The van der Waals surface area contributed by atoms with Gasteiger partial charge in [-0.1, -0.05) is 30.3 Å². The Labute approximate surface area is 122 Å². The first-order valence-electron chi connectivity index (χ1n) is 6.45. The van der Waals surface area contributed by atoms with Crippen LogP contribution in [0.4, 0.5) is 5.88 Å². The number of nitrogens with zero attached hydrogens (tertiary/aromatic N) is 2. The molecule has 0 radical (unpaired) electrons. The molecule has 0 aliphatic carbocycles. The Bertz CT molecular complexity index is 555. The average Bonchev–Trinajstić information content (AvgIpc) is 2.88. The number of aromatic nitrogens is 2. The zero-order valence-electron chi connectivity index (χ0n) is 11.6. The first-order chi connectivity index (χ1) is 9.65. The molecule has 20 heavy (non-hydrogen) atoms. The lowest BCUT2D eigenvalue weighted by molar-refractivity contribution is -0.779. The van der Waals surface area contributed by atoms with Crippen LogP contribution in [0.15, 0.2) is 41.1 Å². The summed E-state index contributed by atoms with van der Waals surface area (Å²) >= 11 is 1.57. The van der Waals surface area contributed by atoms with Gasteiger partial charge in [0.25, 0.3) is 6.20 Å². The van der Waals surface area contributed by atoms with Crippen LogP contribution in [0.1, 0.15) is 25.5 Å². The van der Waals surface area contributed by atoms with Crippen LogP contribution in [0.25, 0.3) is 0 Å². The Morgan fingerprint density at radius 3 is 2.80 bits per heavy atom. The number of carbonyl (C=O) groups excluding carboxylic acids is 1. The molecule has 0 fully saturated rings. The van der Waals surface area contributed by atoms with Crippen LogP contribution in [0, 0.1) is 0 Å². The predicted octanol–water partition coefficient (Wildman–Crippen LogP) is 2.41. The number of carbonyl (C=O) groups is 1. The average molecular weight is 292 g/mol. The van der Waals surface area contributed by atoms with Crippen LogP contribution < -0.4 is 10.00 Å². The summed E-state index contributed by atoms with van der Waals surface area (Å²) < 4.78 is 6.69. The van der Waals surface area contributed by atoms with E-state index in [1.165, 1.54) is 5.56 Å². The van der Waals surface area contributed by atoms with Gasteiger partial charge in [-0.2, -0.15) is 0 Å². The summed E-state index contributed by atoms with van der Waals surface area (Å²) in [6.45, 7) is 3.98. The van der Waals surface area contributed by atoms with Gasteiger partial charge in [0.05, 0.1) is 5.75 Å². The quantitative estimate of drug-likeness (QED) is 0.831. The topological polar surface area (TPSA) is 59.0 Å². The molecule has 1 heterocycles. The van der Waals surface area contributed by atoms with Gasteiger partial charge in [0, 0.05) is 5.75 Å². The molecule has 106 valence electrons. The molecule has 1 aromatic carbocycles. The molecule has 2 rings (SSSR count). The molecule has 0 spiro atoms. The van der Waals surface area contributed by atoms with Crippen molar-refractivity contribution in [3.8, 4) is 0 Å². The van der Waals surface area contributed by atoms with Gasteiger partial charge in [0.1, 0.15) is 0 Å². The van der Waals surface area contributed by atoms with Gasteiger partial charge >= 0.3 is 5.88 Å². The summed E-state index contributed by atoms with van der Waals surface area (Å²) in [6, 6.07) is 10.3. The number of amides is 1. The minimum Gasteiger partial charge on any atom is -0.288 e. The molecule has 6 heteroatoms. The third-order valence-electron chi connectivity index (χ3n) is 2.62. The standard InChI is InChI=1S/C14H17N3O2S/c1-11(2)17-8-14(19-16-17)15-13(18)10-20-9-12-6-4-3-5-7-12/h3-8,11H,9-10H2,1-2H3/p+1. The monoisotopic (exact) mass is 292 g/mol. The Morgan fingerprint density at radius 2 is 2.15 bits per heavy atom. The minimum absolute atomic E-state index is 0.0852. The molecule has 1 aromatic heterocycles. The van der Waals surface area contributed by atoms with E-state index >= 15 is 0 Å². The maximum atomic E-state index is 11.8. The number of hydrogen-bond acceptors (Lipinski definition) is 4. The zero-order valence-corrected chi connectivity index (χ0v) is 12.4. The molecule has 1 amide bonds. The lowest BCUT2D eigenvalue weighted by Crippen LogP contribution is -2.36. The predicted molar refractivity (Wildman–Crippen MR) is 78.3 cm³/mol. The highest BCUT2D eigenvalue weighted by Crippen LogP contribution is 2.12. The summed E-state index contributed by atoms with van der Waals surface area (Å²) in [4.78, 5) is 11.8. The fraction of sp³-hybridized carbons (Fsp3) is 0.357. The zero-order chi connectivity index (χ0) is 14.4. The van der Waals surface area contributed by atoms with Crippen LogP contribution >= 0.6 is 11.8 Å². The van der Waals surface area contributed by atoms with Crippen LogP contribution in [-0.2, 0) is 10.5 Å². The number of anilines is 1. The first kappa shape index (κ1) is 14.6. The van der Waals surface area contributed by atoms with E-state index in [0.29, 0.717) is 11.6 Å². The minimum atomic E-state index is -0.0852. The van der Waals surface area contributed by atoms with E-state index in [1.807, 2.05) is 44.2 Å². The number of rotatable bonds is 6. The van der Waals surface area contributed by atoms with Gasteiger partial charge in [-0.15, -0.1) is 11.8 Å². The lowest BCUT2D eigenvalue weighted by Gasteiger charge is -2.01. The van der Waals surface area contributed by atoms with Crippen molar-refractivity contribution < 1.29 is 14.0 Å². The van der Waals surface area contributed by atoms with Crippen molar-refractivity contribution in [2.75, 3.05) is 11.1 Å². The van der Waals surface area contributed by atoms with Crippen molar-refractivity contribution in [1.82, 2.24) is 5.27 Å². The second kappa shape index (κ2) is 7.09. The van der Waals surface area contributed by atoms with E-state index in [0.717, 1.165) is 5.75 Å². The van der Waals surface area contributed by atoms with Gasteiger partial charge in [-0.25, -0.2) is 0 Å². The third kappa shape index (κ3) is 4.38. The molecule has 0 aliphatic heterocycles. The molecule has 2 aromatic rings. The summed E-state index contributed by atoms with van der Waals surface area (Å²) in [5, 5.41) is 6.51. The largest absolute Gasteiger partial charge is 0.302 e. The summed E-state index contributed by atoms with van der Waals surface area (Å²) in [5.74, 6) is 1.50. The van der Waals surface area contributed by atoms with Crippen molar-refractivity contribution >= 4 is 23.6 Å². The molecular weight excluding hydrogens is 274 g/mol. The molecule has 0 unspecified atom stereocenters. The molecular formula is C14H18N3O2S+. The van der Waals surface area contributed by atoms with Crippen molar-refractivity contribution in [1.29, 1.82) is 0 Å². The van der Waals surface area contributed by atoms with Crippen molar-refractivity contribution in [2.24, 2.45) is 0 Å². The second-order valence-electron chi connectivity index (χ2n) is 4.67. The molecule has 0 saturated heterocycles. The van der Waals surface area contributed by atoms with Gasteiger partial charge < -0.3 is 0 Å². The maximum Gasteiger partial charge on any atom is 0.302 e. The molecule has 0 aliphatic rings. The Hall–Kier alpha value is -1.82. The second-order valence-corrected chi connectivity index (χ2v) is 5.65. The fourth-order valence-electron chi connectivity index (χ4n) is 1.57. The van der Waals surface area contributed by atoms with Crippen LogP contribution in [0.3, 0.4) is 0 Å². The van der Waals surface area contributed by atoms with Gasteiger partial charge in [-0.05, 0) is 24.1 Å². The SMILES string of the molecule is CC(C)[n+]1cc(NC(=O)CSCc2ccccc2)on1. The Morgan fingerprint density at radius 1 is 1.40 bits per heavy atom. The normalized spacial score (nSPS) is 10.8. The number of hydrogen-bond donors (Lipinski definition) is 1. The fourth-order valence-corrected chi connectivity index (χ4v) is 2.35. The van der Waals surface area contributed by atoms with E-state index < -0.39 is 0 Å². The van der Waals surface area contributed by atoms with Gasteiger partial charge in [0.15, 0.2) is 6.04 Å². The highest BCUT2D eigenvalue weighted by Gasteiger charge is 2.16.